The third-order valence-corrected chi connectivity index (χ3v) is 3.68. The summed E-state index contributed by atoms with van der Waals surface area (Å²) in [7, 11) is 0. The number of hydrogen-bond donors (Lipinski definition) is 3. The lowest BCUT2D eigenvalue weighted by molar-refractivity contribution is -0.153. The van der Waals surface area contributed by atoms with E-state index in [-0.39, 0.29) is 18.1 Å². The van der Waals surface area contributed by atoms with Gasteiger partial charge in [0.15, 0.2) is 0 Å². The van der Waals surface area contributed by atoms with Gasteiger partial charge >= 0.3 is 12.0 Å². The second-order valence-electron chi connectivity index (χ2n) is 5.88. The van der Waals surface area contributed by atoms with Gasteiger partial charge in [-0.1, -0.05) is 19.8 Å². The molecule has 104 valence electrons. The van der Waals surface area contributed by atoms with Crippen LogP contribution in [0, 0.1) is 5.41 Å². The van der Waals surface area contributed by atoms with Crippen LogP contribution < -0.4 is 10.6 Å². The number of amides is 2. The van der Waals surface area contributed by atoms with Crippen LogP contribution in [-0.2, 0) is 4.79 Å². The fourth-order valence-corrected chi connectivity index (χ4v) is 2.36. The van der Waals surface area contributed by atoms with Crippen LogP contribution in [0.2, 0.25) is 0 Å². The molecule has 18 heavy (non-hydrogen) atoms. The number of nitrogens with one attached hydrogen (secondary N) is 2. The van der Waals surface area contributed by atoms with Gasteiger partial charge in [-0.15, -0.1) is 0 Å². The average Bonchev–Trinajstić information content (AvgIpc) is 2.13. The van der Waals surface area contributed by atoms with Crippen LogP contribution in [0.4, 0.5) is 4.79 Å². The second-order valence-corrected chi connectivity index (χ2v) is 5.88. The first-order valence-corrected chi connectivity index (χ1v) is 6.61. The Morgan fingerprint density at radius 3 is 2.33 bits per heavy atom. The fourth-order valence-electron chi connectivity index (χ4n) is 2.36. The maximum atomic E-state index is 11.7. The zero-order valence-corrected chi connectivity index (χ0v) is 11.5. The lowest BCUT2D eigenvalue weighted by atomic mass is 9.69. The van der Waals surface area contributed by atoms with E-state index in [1.165, 1.54) is 0 Å². The van der Waals surface area contributed by atoms with Crippen LogP contribution in [0.1, 0.15) is 52.9 Å². The fraction of sp³-hybridized carbons (Fsp3) is 0.846. The Bertz CT molecular complexity index is 322. The van der Waals surface area contributed by atoms with Crippen LogP contribution in [-0.4, -0.2) is 29.2 Å². The number of carboxylic acid groups (broad SMARTS) is 1. The van der Waals surface area contributed by atoms with Gasteiger partial charge in [-0.25, -0.2) is 4.79 Å². The van der Waals surface area contributed by atoms with Crippen molar-refractivity contribution in [2.45, 2.75) is 58.4 Å². The normalized spacial score (nSPS) is 17.7. The maximum absolute atomic E-state index is 11.7. The first-order valence-electron chi connectivity index (χ1n) is 6.61. The van der Waals surface area contributed by atoms with Crippen molar-refractivity contribution in [2.75, 3.05) is 6.54 Å². The summed E-state index contributed by atoms with van der Waals surface area (Å²) in [5.41, 5.74) is -0.985. The molecule has 0 unspecified atom stereocenters. The first-order chi connectivity index (χ1) is 8.31. The van der Waals surface area contributed by atoms with Gasteiger partial charge in [-0.3, -0.25) is 4.79 Å². The van der Waals surface area contributed by atoms with Gasteiger partial charge in [0.1, 0.15) is 0 Å². The Morgan fingerprint density at radius 2 is 1.94 bits per heavy atom. The zero-order valence-electron chi connectivity index (χ0n) is 11.5. The SMILES string of the molecule is CCCC(C)(C)NC(=O)NCC1(C(=O)O)CCC1. The molecule has 0 aromatic heterocycles. The van der Waals surface area contributed by atoms with Gasteiger partial charge in [0.05, 0.1) is 5.41 Å². The lowest BCUT2D eigenvalue weighted by Gasteiger charge is -2.38. The molecule has 0 radical (unpaired) electrons. The molecule has 1 aliphatic carbocycles. The van der Waals surface area contributed by atoms with Crippen LogP contribution in [0.25, 0.3) is 0 Å². The minimum atomic E-state index is -0.804. The van der Waals surface area contributed by atoms with Crippen molar-refractivity contribution in [3.8, 4) is 0 Å². The molecule has 0 aromatic rings. The molecule has 0 heterocycles. The molecule has 5 nitrogen and oxygen atoms in total. The van der Waals surface area contributed by atoms with Crippen molar-refractivity contribution < 1.29 is 14.7 Å². The third kappa shape index (κ3) is 3.62. The van der Waals surface area contributed by atoms with Crippen LogP contribution >= 0.6 is 0 Å². The largest absolute Gasteiger partial charge is 0.481 e. The van der Waals surface area contributed by atoms with Crippen molar-refractivity contribution in [2.24, 2.45) is 5.41 Å². The lowest BCUT2D eigenvalue weighted by Crippen LogP contribution is -2.53. The number of carbonyl (C=O) groups excluding carboxylic acids is 1. The van der Waals surface area contributed by atoms with Crippen molar-refractivity contribution in [3.63, 3.8) is 0 Å². The Kier molecular flexibility index (Phi) is 4.59. The summed E-state index contributed by atoms with van der Waals surface area (Å²) in [6.45, 7) is 6.21. The summed E-state index contributed by atoms with van der Waals surface area (Å²) in [6.07, 6.45) is 4.12. The highest BCUT2D eigenvalue weighted by Crippen LogP contribution is 2.40. The molecule has 1 fully saturated rings. The average molecular weight is 256 g/mol. The molecule has 1 rings (SSSR count). The molecule has 0 atom stereocenters. The molecule has 0 spiro atoms. The third-order valence-electron chi connectivity index (χ3n) is 3.68. The second kappa shape index (κ2) is 5.59. The molecule has 0 bridgehead atoms. The molecular formula is C13H24N2O3. The van der Waals surface area contributed by atoms with Crippen LogP contribution in [0.15, 0.2) is 0 Å². The molecule has 3 N–H and O–H groups in total. The summed E-state index contributed by atoms with van der Waals surface area (Å²) >= 11 is 0. The number of hydrogen-bond acceptors (Lipinski definition) is 2. The van der Waals surface area contributed by atoms with Gasteiger partial charge < -0.3 is 15.7 Å². The van der Waals surface area contributed by atoms with E-state index in [0.29, 0.717) is 12.8 Å². The molecule has 2 amide bonds. The molecule has 0 saturated heterocycles. The minimum absolute atomic E-state index is 0.219. The van der Waals surface area contributed by atoms with E-state index in [2.05, 4.69) is 17.6 Å². The van der Waals surface area contributed by atoms with Gasteiger partial charge in [0.2, 0.25) is 0 Å². The van der Waals surface area contributed by atoms with Gasteiger partial charge in [0.25, 0.3) is 0 Å². The van der Waals surface area contributed by atoms with E-state index in [1.54, 1.807) is 0 Å². The first kappa shape index (κ1) is 14.8. The molecule has 1 saturated carbocycles. The van der Waals surface area contributed by atoms with E-state index in [9.17, 15) is 9.59 Å². The smallest absolute Gasteiger partial charge is 0.315 e. The number of carbonyl (C=O) groups is 2. The van der Waals surface area contributed by atoms with E-state index in [4.69, 9.17) is 5.11 Å². The van der Waals surface area contributed by atoms with Gasteiger partial charge in [-0.05, 0) is 33.1 Å². The Balaban J connectivity index is 2.39. The molecule has 5 heteroatoms. The van der Waals surface area contributed by atoms with Gasteiger partial charge in [-0.2, -0.15) is 0 Å². The summed E-state index contributed by atoms with van der Waals surface area (Å²) in [5.74, 6) is -0.804. The Hall–Kier alpha value is -1.26. The Labute approximate surface area is 108 Å². The number of rotatable bonds is 6. The van der Waals surface area contributed by atoms with Crippen LogP contribution in [0.3, 0.4) is 0 Å². The van der Waals surface area contributed by atoms with E-state index < -0.39 is 11.4 Å². The van der Waals surface area contributed by atoms with Gasteiger partial charge in [0, 0.05) is 12.1 Å². The summed E-state index contributed by atoms with van der Waals surface area (Å²) < 4.78 is 0. The van der Waals surface area contributed by atoms with E-state index in [1.807, 2.05) is 13.8 Å². The van der Waals surface area contributed by atoms with E-state index in [0.717, 1.165) is 19.3 Å². The predicted octanol–water partition coefficient (Wildman–Crippen LogP) is 2.12. The van der Waals surface area contributed by atoms with Crippen molar-refractivity contribution in [1.82, 2.24) is 10.6 Å². The van der Waals surface area contributed by atoms with Crippen molar-refractivity contribution in [1.29, 1.82) is 0 Å². The predicted molar refractivity (Wildman–Crippen MR) is 69.4 cm³/mol. The van der Waals surface area contributed by atoms with E-state index >= 15 is 0 Å². The zero-order chi connectivity index (χ0) is 13.8. The monoisotopic (exact) mass is 256 g/mol. The van der Waals surface area contributed by atoms with Crippen molar-refractivity contribution >= 4 is 12.0 Å². The summed E-state index contributed by atoms with van der Waals surface area (Å²) in [5, 5.41) is 14.7. The quantitative estimate of drug-likeness (QED) is 0.681. The highest BCUT2D eigenvalue weighted by Gasteiger charge is 2.44. The number of urea groups is 1. The molecule has 1 aliphatic rings. The highest BCUT2D eigenvalue weighted by atomic mass is 16.4. The number of carboxylic acids is 1. The standard InChI is InChI=1S/C13H24N2O3/c1-4-6-12(2,3)15-11(18)14-9-13(10(16)17)7-5-8-13/h4-9H2,1-3H3,(H,16,17)(H2,14,15,18). The highest BCUT2D eigenvalue weighted by molar-refractivity contribution is 5.79. The summed E-state index contributed by atoms with van der Waals surface area (Å²) in [4.78, 5) is 22.9. The maximum Gasteiger partial charge on any atom is 0.315 e. The molecule has 0 aliphatic heterocycles. The van der Waals surface area contributed by atoms with Crippen molar-refractivity contribution in [3.05, 3.63) is 0 Å². The topological polar surface area (TPSA) is 78.4 Å². The van der Waals surface area contributed by atoms with Crippen LogP contribution in [0.5, 0.6) is 0 Å². The minimum Gasteiger partial charge on any atom is -0.481 e. The Morgan fingerprint density at radius 1 is 1.33 bits per heavy atom. The summed E-state index contributed by atoms with van der Waals surface area (Å²) in [6, 6.07) is -0.277. The molecular weight excluding hydrogens is 232 g/mol. The molecule has 0 aromatic carbocycles. The number of aliphatic carboxylic acids is 1.